The lowest BCUT2D eigenvalue weighted by Crippen LogP contribution is -2.40. The van der Waals surface area contributed by atoms with Gasteiger partial charge in [-0.3, -0.25) is 9.48 Å². The second kappa shape index (κ2) is 8.98. The van der Waals surface area contributed by atoms with Crippen LogP contribution < -0.4 is 15.4 Å². The van der Waals surface area contributed by atoms with Gasteiger partial charge in [-0.25, -0.2) is 4.39 Å². The Kier molecular flexibility index (Phi) is 6.40. The molecule has 0 bridgehead atoms. The van der Waals surface area contributed by atoms with Crippen LogP contribution in [0.2, 0.25) is 0 Å². The molecule has 1 aliphatic rings. The van der Waals surface area contributed by atoms with Crippen LogP contribution in [0.15, 0.2) is 48.7 Å². The minimum atomic E-state index is -0.342. The van der Waals surface area contributed by atoms with E-state index in [1.807, 2.05) is 24.2 Å². The Hall–Kier alpha value is -3.35. The molecule has 6 nitrogen and oxygen atoms in total. The van der Waals surface area contributed by atoms with Gasteiger partial charge in [0, 0.05) is 43.5 Å². The van der Waals surface area contributed by atoms with Crippen LogP contribution in [0, 0.1) is 5.82 Å². The fourth-order valence-electron chi connectivity index (χ4n) is 3.65. The maximum atomic E-state index is 12.4. The number of nitrogens with zero attached hydrogens (tertiary/aromatic N) is 3. The molecule has 7 heteroatoms. The van der Waals surface area contributed by atoms with Crippen molar-refractivity contribution in [1.82, 2.24) is 9.78 Å². The molecular weight excluding hydrogens is 383 g/mol. The van der Waals surface area contributed by atoms with Gasteiger partial charge in [0.05, 0.1) is 18.5 Å². The van der Waals surface area contributed by atoms with Gasteiger partial charge >= 0.3 is 0 Å². The highest BCUT2D eigenvalue weighted by atomic mass is 19.1. The SMILES string of the molecule is CC(=O)N1c2ccc(-c3ccn(C)n3)cc2CC[C@@H]1C.COc1cc(F)ccc1N. The van der Waals surface area contributed by atoms with Crippen molar-refractivity contribution >= 4 is 17.3 Å². The topological polar surface area (TPSA) is 73.4 Å². The van der Waals surface area contributed by atoms with Gasteiger partial charge in [0.2, 0.25) is 5.91 Å². The van der Waals surface area contributed by atoms with Gasteiger partial charge in [-0.1, -0.05) is 6.07 Å². The van der Waals surface area contributed by atoms with E-state index in [2.05, 4.69) is 30.2 Å². The molecule has 2 aromatic carbocycles. The molecule has 0 spiro atoms. The minimum Gasteiger partial charge on any atom is -0.494 e. The second-order valence-electron chi connectivity index (χ2n) is 7.38. The van der Waals surface area contributed by atoms with Gasteiger partial charge in [0.1, 0.15) is 11.6 Å². The summed E-state index contributed by atoms with van der Waals surface area (Å²) in [6.07, 6.45) is 3.97. The molecule has 1 amide bonds. The molecule has 2 N–H and O–H groups in total. The minimum absolute atomic E-state index is 0.115. The molecule has 1 aliphatic heterocycles. The van der Waals surface area contributed by atoms with Gasteiger partial charge in [0.25, 0.3) is 0 Å². The predicted molar refractivity (Wildman–Crippen MR) is 117 cm³/mol. The first kappa shape index (κ1) is 21.4. The summed E-state index contributed by atoms with van der Waals surface area (Å²) in [5.41, 5.74) is 10.2. The lowest BCUT2D eigenvalue weighted by molar-refractivity contribution is -0.117. The number of nitrogen functional groups attached to an aromatic ring is 1. The van der Waals surface area contributed by atoms with Crippen LogP contribution in [0.5, 0.6) is 5.75 Å². The van der Waals surface area contributed by atoms with Crippen LogP contribution in [0.4, 0.5) is 15.8 Å². The van der Waals surface area contributed by atoms with Crippen molar-refractivity contribution in [2.24, 2.45) is 7.05 Å². The Morgan fingerprint density at radius 3 is 2.60 bits per heavy atom. The summed E-state index contributed by atoms with van der Waals surface area (Å²) in [5.74, 6) is 0.148. The van der Waals surface area contributed by atoms with Crippen LogP contribution in [-0.4, -0.2) is 28.8 Å². The van der Waals surface area contributed by atoms with Crippen molar-refractivity contribution in [3.63, 3.8) is 0 Å². The molecule has 0 unspecified atom stereocenters. The molecule has 3 aromatic rings. The number of halogens is 1. The number of carbonyl (C=O) groups is 1. The van der Waals surface area contributed by atoms with Gasteiger partial charge in [-0.2, -0.15) is 5.10 Å². The number of carbonyl (C=O) groups excluding carboxylic acids is 1. The van der Waals surface area contributed by atoms with E-state index in [-0.39, 0.29) is 17.8 Å². The van der Waals surface area contributed by atoms with E-state index in [9.17, 15) is 9.18 Å². The summed E-state index contributed by atoms with van der Waals surface area (Å²) in [5, 5.41) is 4.44. The predicted octanol–water partition coefficient (Wildman–Crippen LogP) is 4.19. The van der Waals surface area contributed by atoms with E-state index in [4.69, 9.17) is 10.5 Å². The van der Waals surface area contributed by atoms with Crippen molar-refractivity contribution < 1.29 is 13.9 Å². The number of aryl methyl sites for hydroxylation is 2. The van der Waals surface area contributed by atoms with Gasteiger partial charge in [0.15, 0.2) is 0 Å². The zero-order chi connectivity index (χ0) is 21.8. The molecule has 158 valence electrons. The molecule has 2 heterocycles. The number of rotatable bonds is 2. The Morgan fingerprint density at radius 1 is 1.23 bits per heavy atom. The van der Waals surface area contributed by atoms with Crippen molar-refractivity contribution in [1.29, 1.82) is 0 Å². The zero-order valence-corrected chi connectivity index (χ0v) is 17.7. The summed E-state index contributed by atoms with van der Waals surface area (Å²) in [6.45, 7) is 3.75. The fourth-order valence-corrected chi connectivity index (χ4v) is 3.65. The molecular formula is C23H27FN4O2. The van der Waals surface area contributed by atoms with E-state index in [0.717, 1.165) is 29.8 Å². The van der Waals surface area contributed by atoms with Crippen LogP contribution in [0.25, 0.3) is 11.3 Å². The Bertz CT molecular complexity index is 1050. The Labute approximate surface area is 176 Å². The number of benzene rings is 2. The Morgan fingerprint density at radius 2 is 2.00 bits per heavy atom. The van der Waals surface area contributed by atoms with E-state index in [1.165, 1.54) is 30.9 Å². The van der Waals surface area contributed by atoms with Crippen LogP contribution in [-0.2, 0) is 18.3 Å². The highest BCUT2D eigenvalue weighted by Gasteiger charge is 2.26. The number of anilines is 2. The summed E-state index contributed by atoms with van der Waals surface area (Å²) in [6, 6.07) is 12.6. The quantitative estimate of drug-likeness (QED) is 0.643. The standard InChI is InChI=1S/C16H19N3O.C7H8FNO/c1-11-4-5-14-10-13(15-8-9-18(3)17-15)6-7-16(14)19(11)12(2)20;1-10-7-4-5(8)2-3-6(7)9/h6-11H,4-5H2,1-3H3;2-4H,9H2,1H3/t11-;/m0./s1. The van der Waals surface area contributed by atoms with E-state index < -0.39 is 0 Å². The number of hydrogen-bond acceptors (Lipinski definition) is 4. The maximum absolute atomic E-state index is 12.4. The van der Waals surface area contributed by atoms with Crippen molar-refractivity contribution in [3.05, 3.63) is 60.0 Å². The summed E-state index contributed by atoms with van der Waals surface area (Å²) in [4.78, 5) is 13.7. The number of ether oxygens (including phenoxy) is 1. The zero-order valence-electron chi connectivity index (χ0n) is 17.7. The lowest BCUT2D eigenvalue weighted by Gasteiger charge is -2.34. The highest BCUT2D eigenvalue weighted by molar-refractivity contribution is 5.93. The molecule has 1 aromatic heterocycles. The van der Waals surface area contributed by atoms with Gasteiger partial charge < -0.3 is 15.4 Å². The highest BCUT2D eigenvalue weighted by Crippen LogP contribution is 2.33. The normalized spacial score (nSPS) is 15.1. The number of nitrogens with two attached hydrogens (primary N) is 1. The van der Waals surface area contributed by atoms with Crippen LogP contribution >= 0.6 is 0 Å². The van der Waals surface area contributed by atoms with Crippen molar-refractivity contribution in [3.8, 4) is 17.0 Å². The van der Waals surface area contributed by atoms with Crippen LogP contribution in [0.1, 0.15) is 25.8 Å². The summed E-state index contributed by atoms with van der Waals surface area (Å²) >= 11 is 0. The van der Waals surface area contributed by atoms with Crippen LogP contribution in [0.3, 0.4) is 0 Å². The average Bonchev–Trinajstić information content (AvgIpc) is 3.16. The summed E-state index contributed by atoms with van der Waals surface area (Å²) in [7, 11) is 3.37. The molecule has 0 aliphatic carbocycles. The first-order valence-electron chi connectivity index (χ1n) is 9.82. The first-order valence-corrected chi connectivity index (χ1v) is 9.82. The lowest BCUT2D eigenvalue weighted by atomic mass is 9.94. The van der Waals surface area contributed by atoms with Crippen molar-refractivity contribution in [2.45, 2.75) is 32.7 Å². The van der Waals surface area contributed by atoms with Crippen molar-refractivity contribution in [2.75, 3.05) is 17.7 Å². The van der Waals surface area contributed by atoms with E-state index >= 15 is 0 Å². The Balaban J connectivity index is 0.000000216. The number of amides is 1. The average molecular weight is 410 g/mol. The smallest absolute Gasteiger partial charge is 0.224 e. The number of fused-ring (bicyclic) bond motifs is 1. The second-order valence-corrected chi connectivity index (χ2v) is 7.38. The molecule has 0 saturated carbocycles. The van der Waals surface area contributed by atoms with Gasteiger partial charge in [-0.15, -0.1) is 0 Å². The molecule has 0 fully saturated rings. The van der Waals surface area contributed by atoms with E-state index in [1.54, 1.807) is 11.6 Å². The molecule has 1 atom stereocenters. The molecule has 30 heavy (non-hydrogen) atoms. The maximum Gasteiger partial charge on any atom is 0.224 e. The van der Waals surface area contributed by atoms with Gasteiger partial charge in [-0.05, 0) is 55.7 Å². The third-order valence-corrected chi connectivity index (χ3v) is 5.16. The molecule has 4 rings (SSSR count). The monoisotopic (exact) mass is 410 g/mol. The molecule has 0 radical (unpaired) electrons. The number of aromatic nitrogens is 2. The largest absolute Gasteiger partial charge is 0.494 e. The van der Waals surface area contributed by atoms with E-state index in [0.29, 0.717) is 11.4 Å². The third-order valence-electron chi connectivity index (χ3n) is 5.16. The molecule has 0 saturated heterocycles. The number of methoxy groups -OCH3 is 1. The number of hydrogen-bond donors (Lipinski definition) is 1. The fraction of sp³-hybridized carbons (Fsp3) is 0.304. The summed E-state index contributed by atoms with van der Waals surface area (Å²) < 4.78 is 19.0. The first-order chi connectivity index (χ1) is 14.3. The third kappa shape index (κ3) is 4.62.